The molecular weight excluding hydrogens is 346 g/mol. The third-order valence-electron chi connectivity index (χ3n) is 4.44. The predicted octanol–water partition coefficient (Wildman–Crippen LogP) is 4.21. The number of benzene rings is 3. The maximum atomic E-state index is 12.5. The van der Waals surface area contributed by atoms with Gasteiger partial charge in [0.05, 0.1) is 0 Å². The van der Waals surface area contributed by atoms with E-state index in [2.05, 4.69) is 4.72 Å². The zero-order valence-electron chi connectivity index (χ0n) is 14.1. The molecule has 0 aliphatic carbocycles. The monoisotopic (exact) mass is 363 g/mol. The van der Waals surface area contributed by atoms with E-state index in [-0.39, 0.29) is 11.8 Å². The SMILES string of the molecule is CC1NS(=O)Oc2c(-c3ccc(C(=O)c4ccccc4)cc3)cccc21. The molecule has 1 aliphatic rings. The first-order valence-electron chi connectivity index (χ1n) is 8.33. The van der Waals surface area contributed by atoms with E-state index in [1.165, 1.54) is 0 Å². The van der Waals surface area contributed by atoms with Crippen LogP contribution in [0.15, 0.2) is 72.8 Å². The fourth-order valence-electron chi connectivity index (χ4n) is 3.08. The number of carbonyl (C=O) groups is 1. The molecule has 4 nitrogen and oxygen atoms in total. The lowest BCUT2D eigenvalue weighted by Gasteiger charge is -2.24. The van der Waals surface area contributed by atoms with E-state index in [4.69, 9.17) is 4.18 Å². The molecule has 0 spiro atoms. The average Bonchev–Trinajstić information content (AvgIpc) is 2.68. The van der Waals surface area contributed by atoms with Gasteiger partial charge in [0.25, 0.3) is 11.3 Å². The summed E-state index contributed by atoms with van der Waals surface area (Å²) in [7, 11) is 0. The van der Waals surface area contributed by atoms with Crippen LogP contribution in [0.25, 0.3) is 11.1 Å². The summed E-state index contributed by atoms with van der Waals surface area (Å²) in [5.74, 6) is 0.613. The Bertz CT molecular complexity index is 984. The summed E-state index contributed by atoms with van der Waals surface area (Å²) in [6.07, 6.45) is 0. The number of rotatable bonds is 3. The number of para-hydroxylation sites is 1. The van der Waals surface area contributed by atoms with Crippen LogP contribution in [-0.4, -0.2) is 9.99 Å². The number of hydrogen-bond donors (Lipinski definition) is 1. The van der Waals surface area contributed by atoms with Crippen LogP contribution in [0.1, 0.15) is 34.5 Å². The van der Waals surface area contributed by atoms with E-state index >= 15 is 0 Å². The normalized spacial score (nSPS) is 18.7. The number of hydrogen-bond acceptors (Lipinski definition) is 3. The van der Waals surface area contributed by atoms with Gasteiger partial charge < -0.3 is 4.18 Å². The Kier molecular flexibility index (Phi) is 4.41. The van der Waals surface area contributed by atoms with E-state index in [0.717, 1.165) is 16.7 Å². The number of fused-ring (bicyclic) bond motifs is 1. The molecule has 0 fully saturated rings. The van der Waals surface area contributed by atoms with Crippen molar-refractivity contribution in [3.63, 3.8) is 0 Å². The minimum absolute atomic E-state index is 0.0117. The molecule has 1 aliphatic heterocycles. The summed E-state index contributed by atoms with van der Waals surface area (Å²) in [5.41, 5.74) is 4.03. The van der Waals surface area contributed by atoms with Crippen molar-refractivity contribution in [1.82, 2.24) is 4.72 Å². The Morgan fingerprint density at radius 2 is 1.62 bits per heavy atom. The second-order valence-corrected chi connectivity index (χ2v) is 7.03. The molecule has 2 unspecified atom stereocenters. The number of ketones is 1. The van der Waals surface area contributed by atoms with Crippen molar-refractivity contribution < 1.29 is 13.2 Å². The summed E-state index contributed by atoms with van der Waals surface area (Å²) < 4.78 is 20.2. The van der Waals surface area contributed by atoms with Crippen LogP contribution in [0.2, 0.25) is 0 Å². The number of carbonyl (C=O) groups excluding carboxylic acids is 1. The summed E-state index contributed by atoms with van der Waals surface area (Å²) in [6.45, 7) is 1.95. The van der Waals surface area contributed by atoms with Gasteiger partial charge in [-0.15, -0.1) is 0 Å². The second-order valence-electron chi connectivity index (χ2n) is 6.15. The van der Waals surface area contributed by atoms with Gasteiger partial charge in [0.1, 0.15) is 0 Å². The Morgan fingerprint density at radius 1 is 0.923 bits per heavy atom. The molecule has 1 heterocycles. The van der Waals surface area contributed by atoms with Crippen molar-refractivity contribution in [2.24, 2.45) is 0 Å². The highest BCUT2D eigenvalue weighted by molar-refractivity contribution is 7.78. The van der Waals surface area contributed by atoms with Gasteiger partial charge in [-0.2, -0.15) is 8.93 Å². The standard InChI is InChI=1S/C21H17NO3S/c1-14-18-8-5-9-19(21(18)25-26(24)22-14)15-10-12-17(13-11-15)20(23)16-6-3-2-4-7-16/h2-14,22H,1H3. The quantitative estimate of drug-likeness (QED) is 0.710. The largest absolute Gasteiger partial charge is 0.388 e. The zero-order valence-corrected chi connectivity index (χ0v) is 15.0. The van der Waals surface area contributed by atoms with E-state index in [9.17, 15) is 9.00 Å². The smallest absolute Gasteiger partial charge is 0.288 e. The average molecular weight is 363 g/mol. The molecule has 1 N–H and O–H groups in total. The summed E-state index contributed by atoms with van der Waals surface area (Å²) >= 11 is -1.56. The molecule has 0 aromatic heterocycles. The minimum Gasteiger partial charge on any atom is -0.388 e. The van der Waals surface area contributed by atoms with Crippen LogP contribution in [-0.2, 0) is 11.3 Å². The van der Waals surface area contributed by atoms with Crippen molar-refractivity contribution in [1.29, 1.82) is 0 Å². The molecule has 26 heavy (non-hydrogen) atoms. The molecule has 0 saturated heterocycles. The van der Waals surface area contributed by atoms with Gasteiger partial charge in [-0.3, -0.25) is 4.79 Å². The molecule has 3 aromatic carbocycles. The van der Waals surface area contributed by atoms with Gasteiger partial charge in [-0.05, 0) is 12.5 Å². The van der Waals surface area contributed by atoms with Crippen LogP contribution in [0.3, 0.4) is 0 Å². The first-order chi connectivity index (χ1) is 12.6. The lowest BCUT2D eigenvalue weighted by atomic mass is 9.96. The van der Waals surface area contributed by atoms with Gasteiger partial charge >= 0.3 is 0 Å². The Labute approximate surface area is 154 Å². The van der Waals surface area contributed by atoms with Crippen molar-refractivity contribution in [3.05, 3.63) is 89.5 Å². The van der Waals surface area contributed by atoms with E-state index in [1.54, 1.807) is 12.1 Å². The van der Waals surface area contributed by atoms with Crippen molar-refractivity contribution in [2.75, 3.05) is 0 Å². The predicted molar refractivity (Wildman–Crippen MR) is 102 cm³/mol. The lowest BCUT2D eigenvalue weighted by Crippen LogP contribution is -2.30. The maximum absolute atomic E-state index is 12.5. The Morgan fingerprint density at radius 3 is 2.35 bits per heavy atom. The van der Waals surface area contributed by atoms with Gasteiger partial charge in [0.15, 0.2) is 11.5 Å². The molecule has 0 saturated carbocycles. The maximum Gasteiger partial charge on any atom is 0.288 e. The van der Waals surface area contributed by atoms with Crippen molar-refractivity contribution >= 4 is 17.0 Å². The molecule has 0 amide bonds. The molecule has 2 atom stereocenters. The van der Waals surface area contributed by atoms with E-state index < -0.39 is 11.3 Å². The third-order valence-corrected chi connectivity index (χ3v) is 5.30. The highest BCUT2D eigenvalue weighted by atomic mass is 32.2. The molecular formula is C21H17NO3S. The van der Waals surface area contributed by atoms with Gasteiger partial charge in [-0.25, -0.2) is 0 Å². The molecule has 130 valence electrons. The fourth-order valence-corrected chi connectivity index (χ4v) is 3.88. The Balaban J connectivity index is 1.69. The minimum atomic E-state index is -1.56. The van der Waals surface area contributed by atoms with Crippen LogP contribution in [0.5, 0.6) is 5.75 Å². The van der Waals surface area contributed by atoms with Crippen molar-refractivity contribution in [3.8, 4) is 16.9 Å². The first kappa shape index (κ1) is 16.7. The number of nitrogens with one attached hydrogen (secondary N) is 1. The van der Waals surface area contributed by atoms with Gasteiger partial charge in [-0.1, -0.05) is 72.8 Å². The molecule has 4 rings (SSSR count). The summed E-state index contributed by atoms with van der Waals surface area (Å²) in [4.78, 5) is 12.5. The summed E-state index contributed by atoms with van der Waals surface area (Å²) in [6, 6.07) is 22.4. The molecule has 0 bridgehead atoms. The van der Waals surface area contributed by atoms with Crippen LogP contribution in [0.4, 0.5) is 0 Å². The second kappa shape index (κ2) is 6.86. The Hall–Kier alpha value is -2.76. The lowest BCUT2D eigenvalue weighted by molar-refractivity contribution is 0.103. The zero-order chi connectivity index (χ0) is 18.1. The highest BCUT2D eigenvalue weighted by Gasteiger charge is 2.25. The third kappa shape index (κ3) is 3.07. The molecule has 0 radical (unpaired) electrons. The molecule has 5 heteroatoms. The molecule has 3 aromatic rings. The topological polar surface area (TPSA) is 55.4 Å². The fraction of sp³-hybridized carbons (Fsp3) is 0.0952. The van der Waals surface area contributed by atoms with E-state index in [0.29, 0.717) is 16.9 Å². The summed E-state index contributed by atoms with van der Waals surface area (Å²) in [5, 5.41) is 0. The van der Waals surface area contributed by atoms with Crippen LogP contribution >= 0.6 is 0 Å². The first-order valence-corrected chi connectivity index (χ1v) is 9.40. The highest BCUT2D eigenvalue weighted by Crippen LogP contribution is 2.39. The van der Waals surface area contributed by atoms with Crippen LogP contribution < -0.4 is 8.91 Å². The van der Waals surface area contributed by atoms with Crippen molar-refractivity contribution in [2.45, 2.75) is 13.0 Å². The van der Waals surface area contributed by atoms with E-state index in [1.807, 2.05) is 67.6 Å². The van der Waals surface area contributed by atoms with Gasteiger partial charge in [0.2, 0.25) is 0 Å². The van der Waals surface area contributed by atoms with Crippen LogP contribution in [0, 0.1) is 0 Å². The van der Waals surface area contributed by atoms with Gasteiger partial charge in [0, 0.05) is 28.3 Å².